The first-order valence-corrected chi connectivity index (χ1v) is 6.16. The van der Waals surface area contributed by atoms with Crippen molar-refractivity contribution < 1.29 is 4.79 Å². The molecule has 0 spiro atoms. The van der Waals surface area contributed by atoms with Gasteiger partial charge in [0.1, 0.15) is 0 Å². The molecule has 1 nitrogen and oxygen atoms in total. The summed E-state index contributed by atoms with van der Waals surface area (Å²) in [5, 5.41) is 0. The summed E-state index contributed by atoms with van der Waals surface area (Å²) in [6.45, 7) is 2.01. The number of benzene rings is 2. The minimum absolute atomic E-state index is 0.113. The largest absolute Gasteiger partial charge is 0.289 e. The van der Waals surface area contributed by atoms with Crippen molar-refractivity contribution in [1.82, 2.24) is 0 Å². The van der Waals surface area contributed by atoms with Crippen LogP contribution < -0.4 is 0 Å². The highest BCUT2D eigenvalue weighted by Crippen LogP contribution is 2.15. The van der Waals surface area contributed by atoms with E-state index in [2.05, 4.69) is 0 Å². The second-order valence-corrected chi connectivity index (χ2v) is 4.13. The van der Waals surface area contributed by atoms with Gasteiger partial charge in [-0.25, -0.2) is 0 Å². The smallest absolute Gasteiger partial charge is 0.189 e. The summed E-state index contributed by atoms with van der Waals surface area (Å²) in [5.41, 5.74) is 2.66. The van der Waals surface area contributed by atoms with Gasteiger partial charge in [-0.05, 0) is 18.1 Å². The lowest BCUT2D eigenvalue weighted by molar-refractivity contribution is 0.103. The van der Waals surface area contributed by atoms with Crippen LogP contribution in [0.5, 0.6) is 0 Å². The highest BCUT2D eigenvalue weighted by Gasteiger charge is 2.09. The Labute approximate surface area is 108 Å². The molecule has 1 heteroatoms. The van der Waals surface area contributed by atoms with Crippen LogP contribution in [-0.2, 0) is 0 Å². The summed E-state index contributed by atoms with van der Waals surface area (Å²) >= 11 is 0. The van der Waals surface area contributed by atoms with Gasteiger partial charge in [0.05, 0.1) is 0 Å². The molecule has 0 saturated heterocycles. The first-order valence-electron chi connectivity index (χ1n) is 6.16. The molecule has 0 unspecified atom stereocenters. The maximum absolute atomic E-state index is 12.3. The summed E-state index contributed by atoms with van der Waals surface area (Å²) in [5.74, 6) is 0.113. The molecule has 0 amide bonds. The van der Waals surface area contributed by atoms with Gasteiger partial charge in [-0.3, -0.25) is 4.79 Å². The zero-order chi connectivity index (χ0) is 12.8. The Balaban J connectivity index is 2.30. The van der Waals surface area contributed by atoms with Gasteiger partial charge in [-0.2, -0.15) is 0 Å². The molecule has 0 fully saturated rings. The molecule has 0 aromatic heterocycles. The van der Waals surface area contributed by atoms with E-state index in [0.717, 1.165) is 23.1 Å². The predicted molar refractivity (Wildman–Crippen MR) is 75.5 cm³/mol. The van der Waals surface area contributed by atoms with Gasteiger partial charge in [0, 0.05) is 11.1 Å². The van der Waals surface area contributed by atoms with E-state index in [-0.39, 0.29) is 5.78 Å². The van der Waals surface area contributed by atoms with E-state index in [9.17, 15) is 4.79 Å². The van der Waals surface area contributed by atoms with Gasteiger partial charge in [0.15, 0.2) is 5.78 Å². The van der Waals surface area contributed by atoms with Crippen LogP contribution in [0.3, 0.4) is 0 Å². The third-order valence-electron chi connectivity index (χ3n) is 2.85. The van der Waals surface area contributed by atoms with Crippen molar-refractivity contribution in [3.8, 4) is 0 Å². The first kappa shape index (κ1) is 12.3. The molecule has 2 rings (SSSR count). The van der Waals surface area contributed by atoms with Crippen LogP contribution in [0.4, 0.5) is 0 Å². The Morgan fingerprint density at radius 3 is 2.06 bits per heavy atom. The molecule has 0 N–H and O–H groups in total. The van der Waals surface area contributed by atoms with Crippen molar-refractivity contribution in [2.24, 2.45) is 0 Å². The minimum atomic E-state index is 0.113. The number of hydrogen-bond acceptors (Lipinski definition) is 1. The molecule has 0 aliphatic heterocycles. The fraction of sp³-hybridized carbons (Fsp3) is 0.118. The number of hydrogen-bond donors (Lipinski definition) is 0. The molecule has 90 valence electrons. The van der Waals surface area contributed by atoms with Crippen LogP contribution in [0.25, 0.3) is 6.08 Å². The lowest BCUT2D eigenvalue weighted by atomic mass is 9.99. The van der Waals surface area contributed by atoms with Gasteiger partial charge < -0.3 is 0 Å². The molecule has 0 atom stereocenters. The Morgan fingerprint density at radius 2 is 1.50 bits per heavy atom. The molecule has 0 bridgehead atoms. The van der Waals surface area contributed by atoms with E-state index in [1.54, 1.807) is 0 Å². The van der Waals surface area contributed by atoms with Crippen LogP contribution >= 0.6 is 0 Å². The number of ketones is 1. The molecule has 2 aromatic carbocycles. The molecule has 0 heterocycles. The number of allylic oxidation sites excluding steroid dienone is 1. The van der Waals surface area contributed by atoms with Gasteiger partial charge in [0.2, 0.25) is 0 Å². The number of carbonyl (C=O) groups is 1. The summed E-state index contributed by atoms with van der Waals surface area (Å²) < 4.78 is 0. The van der Waals surface area contributed by atoms with Crippen molar-refractivity contribution in [2.75, 3.05) is 0 Å². The van der Waals surface area contributed by atoms with E-state index in [4.69, 9.17) is 0 Å². The second-order valence-electron chi connectivity index (χ2n) is 4.13. The van der Waals surface area contributed by atoms with Crippen LogP contribution in [0, 0.1) is 0 Å². The lowest BCUT2D eigenvalue weighted by Gasteiger charge is -2.04. The van der Waals surface area contributed by atoms with E-state index in [1.807, 2.05) is 73.7 Å². The first-order chi connectivity index (χ1) is 8.81. The fourth-order valence-electron chi connectivity index (χ4n) is 1.85. The van der Waals surface area contributed by atoms with Crippen molar-refractivity contribution in [3.05, 3.63) is 77.4 Å². The Morgan fingerprint density at radius 1 is 0.944 bits per heavy atom. The SMILES string of the molecule is CCC(=Cc1ccccc1)C(=O)c1ccccc1. The second kappa shape index (κ2) is 5.97. The van der Waals surface area contributed by atoms with Gasteiger partial charge in [-0.15, -0.1) is 0 Å². The Bertz CT molecular complexity index is 538. The lowest BCUT2D eigenvalue weighted by Crippen LogP contribution is -2.02. The third-order valence-corrected chi connectivity index (χ3v) is 2.85. The van der Waals surface area contributed by atoms with E-state index < -0.39 is 0 Å². The maximum Gasteiger partial charge on any atom is 0.189 e. The van der Waals surface area contributed by atoms with Crippen molar-refractivity contribution >= 4 is 11.9 Å². The van der Waals surface area contributed by atoms with Crippen LogP contribution in [-0.4, -0.2) is 5.78 Å². The Kier molecular flexibility index (Phi) is 4.08. The molecule has 18 heavy (non-hydrogen) atoms. The zero-order valence-corrected chi connectivity index (χ0v) is 10.5. The van der Waals surface area contributed by atoms with Crippen LogP contribution in [0.2, 0.25) is 0 Å². The molecule has 0 aliphatic carbocycles. The molecule has 0 aliphatic rings. The number of rotatable bonds is 4. The molecule has 2 aromatic rings. The standard InChI is InChI=1S/C17H16O/c1-2-15(13-14-9-5-3-6-10-14)17(18)16-11-7-4-8-12-16/h3-13H,2H2,1H3. The summed E-state index contributed by atoms with van der Waals surface area (Å²) in [4.78, 5) is 12.3. The predicted octanol–water partition coefficient (Wildman–Crippen LogP) is 4.36. The van der Waals surface area contributed by atoms with Crippen LogP contribution in [0.1, 0.15) is 29.3 Å². The van der Waals surface area contributed by atoms with E-state index in [0.29, 0.717) is 0 Å². The number of carbonyl (C=O) groups excluding carboxylic acids is 1. The summed E-state index contributed by atoms with van der Waals surface area (Å²) in [7, 11) is 0. The quantitative estimate of drug-likeness (QED) is 0.569. The van der Waals surface area contributed by atoms with E-state index in [1.165, 1.54) is 0 Å². The van der Waals surface area contributed by atoms with Crippen molar-refractivity contribution in [2.45, 2.75) is 13.3 Å². The maximum atomic E-state index is 12.3. The van der Waals surface area contributed by atoms with Crippen molar-refractivity contribution in [3.63, 3.8) is 0 Å². The molecular weight excluding hydrogens is 220 g/mol. The highest BCUT2D eigenvalue weighted by molar-refractivity contribution is 6.11. The molecule has 0 radical (unpaired) electrons. The topological polar surface area (TPSA) is 17.1 Å². The molecular formula is C17H16O. The summed E-state index contributed by atoms with van der Waals surface area (Å²) in [6, 6.07) is 19.4. The average molecular weight is 236 g/mol. The average Bonchev–Trinajstić information content (AvgIpc) is 2.46. The Hall–Kier alpha value is -2.15. The summed E-state index contributed by atoms with van der Waals surface area (Å²) in [6.07, 6.45) is 2.71. The van der Waals surface area contributed by atoms with Crippen molar-refractivity contribution in [1.29, 1.82) is 0 Å². The third kappa shape index (κ3) is 2.95. The van der Waals surface area contributed by atoms with Gasteiger partial charge in [0.25, 0.3) is 0 Å². The number of Topliss-reactive ketones (excluding diaryl/α,β-unsaturated/α-hetero) is 1. The van der Waals surface area contributed by atoms with Gasteiger partial charge >= 0.3 is 0 Å². The van der Waals surface area contributed by atoms with Crippen LogP contribution in [0.15, 0.2) is 66.2 Å². The molecule has 0 saturated carbocycles. The normalized spacial score (nSPS) is 11.3. The van der Waals surface area contributed by atoms with Gasteiger partial charge in [-0.1, -0.05) is 67.6 Å². The van der Waals surface area contributed by atoms with E-state index >= 15 is 0 Å². The zero-order valence-electron chi connectivity index (χ0n) is 10.5. The fourth-order valence-corrected chi connectivity index (χ4v) is 1.85. The minimum Gasteiger partial charge on any atom is -0.289 e. The highest BCUT2D eigenvalue weighted by atomic mass is 16.1. The monoisotopic (exact) mass is 236 g/mol.